The van der Waals surface area contributed by atoms with Crippen LogP contribution in [0.25, 0.3) is 0 Å². The molecule has 1 N–H and O–H groups in total. The molecule has 1 aliphatic rings. The van der Waals surface area contributed by atoms with Gasteiger partial charge in [0.05, 0.1) is 0 Å². The first-order valence-corrected chi connectivity index (χ1v) is 7.97. The molecule has 0 spiro atoms. The quantitative estimate of drug-likeness (QED) is 0.900. The van der Waals surface area contributed by atoms with E-state index in [1.54, 1.807) is 0 Å². The van der Waals surface area contributed by atoms with Crippen LogP contribution in [0.15, 0.2) is 24.3 Å². The molecule has 1 heterocycles. The molecule has 0 radical (unpaired) electrons. The average molecular weight is 274 g/mol. The summed E-state index contributed by atoms with van der Waals surface area (Å²) in [6.45, 7) is 14.8. The first-order valence-electron chi connectivity index (χ1n) is 7.97. The topological polar surface area (TPSA) is 15.3 Å². The third kappa shape index (κ3) is 3.07. The van der Waals surface area contributed by atoms with Crippen molar-refractivity contribution < 1.29 is 0 Å². The molecule has 1 fully saturated rings. The molecule has 1 saturated heterocycles. The van der Waals surface area contributed by atoms with Gasteiger partial charge in [-0.3, -0.25) is 4.90 Å². The fourth-order valence-electron chi connectivity index (χ4n) is 3.14. The Bertz CT molecular complexity index is 446. The molecule has 0 bridgehead atoms. The van der Waals surface area contributed by atoms with Crippen molar-refractivity contribution in [1.82, 2.24) is 10.2 Å². The Balaban J connectivity index is 2.20. The lowest BCUT2D eigenvalue weighted by Crippen LogP contribution is -2.67. The van der Waals surface area contributed by atoms with Crippen molar-refractivity contribution in [2.45, 2.75) is 65.1 Å². The van der Waals surface area contributed by atoms with Gasteiger partial charge >= 0.3 is 0 Å². The van der Waals surface area contributed by atoms with Crippen molar-refractivity contribution in [2.75, 3.05) is 13.1 Å². The molecule has 0 unspecified atom stereocenters. The molecule has 1 aliphatic heterocycles. The zero-order chi connectivity index (χ0) is 14.8. The number of nitrogens with zero attached hydrogens (tertiary/aromatic N) is 1. The Morgan fingerprint density at radius 1 is 1.15 bits per heavy atom. The van der Waals surface area contributed by atoms with Crippen molar-refractivity contribution in [3.63, 3.8) is 0 Å². The minimum absolute atomic E-state index is 0.218. The second-order valence-electron chi connectivity index (χ2n) is 6.94. The first kappa shape index (κ1) is 15.5. The van der Waals surface area contributed by atoms with E-state index in [-0.39, 0.29) is 11.1 Å². The lowest BCUT2D eigenvalue weighted by molar-refractivity contribution is 0.0160. The van der Waals surface area contributed by atoms with E-state index >= 15 is 0 Å². The van der Waals surface area contributed by atoms with Gasteiger partial charge in [-0.25, -0.2) is 0 Å². The van der Waals surface area contributed by atoms with Crippen molar-refractivity contribution in [2.24, 2.45) is 0 Å². The third-order valence-electron chi connectivity index (χ3n) is 5.22. The van der Waals surface area contributed by atoms with Crippen LogP contribution in [0.1, 0.15) is 51.7 Å². The van der Waals surface area contributed by atoms with Gasteiger partial charge in [-0.1, -0.05) is 38.1 Å². The second-order valence-corrected chi connectivity index (χ2v) is 6.94. The van der Waals surface area contributed by atoms with Crippen molar-refractivity contribution in [3.05, 3.63) is 35.4 Å². The van der Waals surface area contributed by atoms with Gasteiger partial charge in [0, 0.05) is 30.7 Å². The molecule has 0 aliphatic carbocycles. The van der Waals surface area contributed by atoms with E-state index < -0.39 is 0 Å². The highest BCUT2D eigenvalue weighted by Gasteiger charge is 2.40. The number of hydrogen-bond acceptors (Lipinski definition) is 2. The molecule has 1 aromatic rings. The molecule has 0 saturated carbocycles. The summed E-state index contributed by atoms with van der Waals surface area (Å²) in [5.41, 5.74) is 3.37. The number of rotatable bonds is 4. The van der Waals surface area contributed by atoms with Crippen molar-refractivity contribution in [3.8, 4) is 0 Å². The minimum Gasteiger partial charge on any atom is -0.308 e. The van der Waals surface area contributed by atoms with Crippen LogP contribution in [-0.2, 0) is 6.54 Å². The second kappa shape index (κ2) is 5.87. The highest BCUT2D eigenvalue weighted by molar-refractivity contribution is 5.26. The molecule has 1 aromatic carbocycles. The average Bonchev–Trinajstić information content (AvgIpc) is 2.44. The third-order valence-corrected chi connectivity index (χ3v) is 5.22. The number of piperazine rings is 1. The maximum absolute atomic E-state index is 3.81. The summed E-state index contributed by atoms with van der Waals surface area (Å²) in [4.78, 5) is 2.67. The van der Waals surface area contributed by atoms with Crippen LogP contribution in [0.2, 0.25) is 0 Å². The van der Waals surface area contributed by atoms with Gasteiger partial charge in [-0.15, -0.1) is 0 Å². The van der Waals surface area contributed by atoms with Crippen LogP contribution in [0.5, 0.6) is 0 Å². The van der Waals surface area contributed by atoms with E-state index in [0.717, 1.165) is 19.6 Å². The first-order chi connectivity index (χ1) is 9.42. The summed E-state index contributed by atoms with van der Waals surface area (Å²) in [5, 5.41) is 3.81. The van der Waals surface area contributed by atoms with Gasteiger partial charge in [0.2, 0.25) is 0 Å². The Hall–Kier alpha value is -0.860. The van der Waals surface area contributed by atoms with Crippen LogP contribution < -0.4 is 5.32 Å². The summed E-state index contributed by atoms with van der Waals surface area (Å²) < 4.78 is 0. The predicted molar refractivity (Wildman–Crippen MR) is 87.0 cm³/mol. The lowest BCUT2D eigenvalue weighted by Gasteiger charge is -2.52. The van der Waals surface area contributed by atoms with Gasteiger partial charge in [0.1, 0.15) is 0 Å². The van der Waals surface area contributed by atoms with E-state index in [1.165, 1.54) is 24.0 Å². The van der Waals surface area contributed by atoms with Gasteiger partial charge in [0.25, 0.3) is 0 Å². The SMILES string of the molecule is CCC1(CC)CN(Cc2ccccc2C)C(C)(C)CN1. The summed E-state index contributed by atoms with van der Waals surface area (Å²) in [6, 6.07) is 8.78. The van der Waals surface area contributed by atoms with E-state index in [0.29, 0.717) is 0 Å². The summed E-state index contributed by atoms with van der Waals surface area (Å²) >= 11 is 0. The van der Waals surface area contributed by atoms with Crippen LogP contribution in [0.3, 0.4) is 0 Å². The summed E-state index contributed by atoms with van der Waals surface area (Å²) in [5.74, 6) is 0. The molecule has 0 amide bonds. The van der Waals surface area contributed by atoms with E-state index in [2.05, 4.69) is 69.1 Å². The highest BCUT2D eigenvalue weighted by atomic mass is 15.3. The zero-order valence-corrected chi connectivity index (χ0v) is 13.8. The maximum Gasteiger partial charge on any atom is 0.0304 e. The smallest absolute Gasteiger partial charge is 0.0304 e. The number of nitrogens with one attached hydrogen (secondary N) is 1. The Kier molecular flexibility index (Phi) is 4.55. The molecular formula is C18H30N2. The predicted octanol–water partition coefficient (Wildman–Crippen LogP) is 3.74. The molecule has 20 heavy (non-hydrogen) atoms. The molecule has 2 nitrogen and oxygen atoms in total. The van der Waals surface area contributed by atoms with Crippen LogP contribution >= 0.6 is 0 Å². The summed E-state index contributed by atoms with van der Waals surface area (Å²) in [6.07, 6.45) is 2.40. The Morgan fingerprint density at radius 3 is 2.40 bits per heavy atom. The van der Waals surface area contributed by atoms with Crippen LogP contribution in [0.4, 0.5) is 0 Å². The molecule has 2 rings (SSSR count). The molecule has 2 heteroatoms. The van der Waals surface area contributed by atoms with E-state index in [1.807, 2.05) is 0 Å². The summed E-state index contributed by atoms with van der Waals surface area (Å²) in [7, 11) is 0. The fraction of sp³-hybridized carbons (Fsp3) is 0.667. The molecule has 0 atom stereocenters. The van der Waals surface area contributed by atoms with Crippen molar-refractivity contribution in [1.29, 1.82) is 0 Å². The number of aryl methyl sites for hydroxylation is 1. The van der Waals surface area contributed by atoms with Gasteiger partial charge in [0.15, 0.2) is 0 Å². The molecule has 112 valence electrons. The Morgan fingerprint density at radius 2 is 1.80 bits per heavy atom. The lowest BCUT2D eigenvalue weighted by atomic mass is 9.84. The van der Waals surface area contributed by atoms with Crippen LogP contribution in [-0.4, -0.2) is 29.1 Å². The number of benzene rings is 1. The zero-order valence-electron chi connectivity index (χ0n) is 13.8. The van der Waals surface area contributed by atoms with E-state index in [4.69, 9.17) is 0 Å². The molecule has 0 aromatic heterocycles. The maximum atomic E-state index is 3.81. The molecular weight excluding hydrogens is 244 g/mol. The Labute approximate surface area is 124 Å². The van der Waals surface area contributed by atoms with Gasteiger partial charge in [-0.2, -0.15) is 0 Å². The number of hydrogen-bond donors (Lipinski definition) is 1. The highest BCUT2D eigenvalue weighted by Crippen LogP contribution is 2.29. The van der Waals surface area contributed by atoms with Crippen LogP contribution in [0, 0.1) is 6.92 Å². The normalized spacial score (nSPS) is 21.9. The fourth-order valence-corrected chi connectivity index (χ4v) is 3.14. The van der Waals surface area contributed by atoms with E-state index in [9.17, 15) is 0 Å². The van der Waals surface area contributed by atoms with Gasteiger partial charge in [-0.05, 0) is 44.7 Å². The standard InChI is InChI=1S/C18H30N2/c1-6-18(7-2)14-20(17(4,5)13-19-18)12-16-11-9-8-10-15(16)3/h8-11,19H,6-7,12-14H2,1-5H3. The van der Waals surface area contributed by atoms with Gasteiger partial charge < -0.3 is 5.32 Å². The monoisotopic (exact) mass is 274 g/mol. The van der Waals surface area contributed by atoms with Crippen molar-refractivity contribution >= 4 is 0 Å². The minimum atomic E-state index is 0.218. The largest absolute Gasteiger partial charge is 0.308 e.